The SMILES string of the molecule is CC(CNC(=O)OC(C)(C)C)Nc1cc(S(C)(=O)=O)ccc1F. The Morgan fingerprint density at radius 3 is 2.48 bits per heavy atom. The van der Waals surface area contributed by atoms with E-state index in [1.165, 1.54) is 12.1 Å². The number of rotatable bonds is 5. The number of benzene rings is 1. The molecule has 0 aliphatic rings. The molecule has 0 saturated heterocycles. The molecule has 8 heteroatoms. The fraction of sp³-hybridized carbons (Fsp3) is 0.533. The number of ether oxygens (including phenoxy) is 1. The molecule has 1 aromatic rings. The van der Waals surface area contributed by atoms with Gasteiger partial charge in [0.2, 0.25) is 0 Å². The van der Waals surface area contributed by atoms with Gasteiger partial charge in [0.25, 0.3) is 0 Å². The number of amides is 1. The van der Waals surface area contributed by atoms with Crippen molar-refractivity contribution in [3.63, 3.8) is 0 Å². The molecule has 0 saturated carbocycles. The Morgan fingerprint density at radius 1 is 1.35 bits per heavy atom. The third-order valence-corrected chi connectivity index (χ3v) is 3.83. The Kier molecular flexibility index (Phi) is 5.98. The number of nitrogens with one attached hydrogen (secondary N) is 2. The van der Waals surface area contributed by atoms with Gasteiger partial charge in [-0.1, -0.05) is 0 Å². The van der Waals surface area contributed by atoms with E-state index in [9.17, 15) is 17.6 Å². The molecule has 23 heavy (non-hydrogen) atoms. The van der Waals surface area contributed by atoms with E-state index in [-0.39, 0.29) is 23.2 Å². The van der Waals surface area contributed by atoms with Gasteiger partial charge in [-0.3, -0.25) is 0 Å². The zero-order chi connectivity index (χ0) is 17.8. The Bertz CT molecular complexity index is 669. The second kappa shape index (κ2) is 7.16. The number of anilines is 1. The molecule has 0 aliphatic heterocycles. The molecule has 130 valence electrons. The van der Waals surface area contributed by atoms with Crippen LogP contribution in [0.4, 0.5) is 14.9 Å². The number of sulfone groups is 1. The summed E-state index contributed by atoms with van der Waals surface area (Å²) in [6, 6.07) is 3.20. The minimum absolute atomic E-state index is 0.0219. The number of hydrogen-bond acceptors (Lipinski definition) is 5. The van der Waals surface area contributed by atoms with Crippen LogP contribution in [0.1, 0.15) is 27.7 Å². The normalized spacial score (nSPS) is 13.3. The summed E-state index contributed by atoms with van der Waals surface area (Å²) in [5, 5.41) is 5.39. The van der Waals surface area contributed by atoms with Gasteiger partial charge < -0.3 is 15.4 Å². The molecule has 0 radical (unpaired) electrons. The van der Waals surface area contributed by atoms with Crippen LogP contribution in [0.3, 0.4) is 0 Å². The minimum Gasteiger partial charge on any atom is -0.444 e. The van der Waals surface area contributed by atoms with Crippen molar-refractivity contribution in [2.75, 3.05) is 18.1 Å². The van der Waals surface area contributed by atoms with Gasteiger partial charge in [0.15, 0.2) is 9.84 Å². The summed E-state index contributed by atoms with van der Waals surface area (Å²) >= 11 is 0. The monoisotopic (exact) mass is 346 g/mol. The first-order valence-electron chi connectivity index (χ1n) is 7.11. The molecular formula is C15H23FN2O4S. The molecule has 0 aliphatic carbocycles. The van der Waals surface area contributed by atoms with Crippen molar-refractivity contribution >= 4 is 21.6 Å². The molecule has 6 nitrogen and oxygen atoms in total. The minimum atomic E-state index is -3.42. The first-order chi connectivity index (χ1) is 10.4. The van der Waals surface area contributed by atoms with Crippen molar-refractivity contribution in [1.29, 1.82) is 0 Å². The maximum Gasteiger partial charge on any atom is 0.407 e. The standard InChI is InChI=1S/C15H23FN2O4S/c1-10(9-17-14(19)22-15(2,3)4)18-13-8-11(23(5,20)21)6-7-12(13)16/h6-8,10,18H,9H2,1-5H3,(H,17,19). The van der Waals surface area contributed by atoms with Crippen molar-refractivity contribution in [3.05, 3.63) is 24.0 Å². The predicted octanol–water partition coefficient (Wildman–Crippen LogP) is 2.55. The summed E-state index contributed by atoms with van der Waals surface area (Å²) in [5.41, 5.74) is -0.539. The topological polar surface area (TPSA) is 84.5 Å². The Morgan fingerprint density at radius 2 is 1.96 bits per heavy atom. The number of hydrogen-bond donors (Lipinski definition) is 2. The van der Waals surface area contributed by atoms with Gasteiger partial charge >= 0.3 is 6.09 Å². The Balaban J connectivity index is 2.67. The highest BCUT2D eigenvalue weighted by atomic mass is 32.2. The smallest absolute Gasteiger partial charge is 0.407 e. The lowest BCUT2D eigenvalue weighted by atomic mass is 10.2. The highest BCUT2D eigenvalue weighted by molar-refractivity contribution is 7.90. The molecule has 1 unspecified atom stereocenters. The molecule has 1 rings (SSSR count). The van der Waals surface area contributed by atoms with Gasteiger partial charge in [0, 0.05) is 18.8 Å². The van der Waals surface area contributed by atoms with Crippen LogP contribution in [-0.2, 0) is 14.6 Å². The van der Waals surface area contributed by atoms with Crippen LogP contribution in [0.5, 0.6) is 0 Å². The Labute approximate surface area is 136 Å². The second-order valence-corrected chi connectivity index (χ2v) is 8.36. The fourth-order valence-electron chi connectivity index (χ4n) is 1.71. The van der Waals surface area contributed by atoms with Crippen molar-refractivity contribution in [1.82, 2.24) is 5.32 Å². The summed E-state index contributed by atoms with van der Waals surface area (Å²) in [4.78, 5) is 11.6. The number of halogens is 1. The van der Waals surface area contributed by atoms with E-state index >= 15 is 0 Å². The van der Waals surface area contributed by atoms with Gasteiger partial charge in [-0.2, -0.15) is 0 Å². The highest BCUT2D eigenvalue weighted by Gasteiger charge is 2.17. The predicted molar refractivity (Wildman–Crippen MR) is 86.8 cm³/mol. The average molecular weight is 346 g/mol. The lowest BCUT2D eigenvalue weighted by Crippen LogP contribution is -2.38. The zero-order valence-corrected chi connectivity index (χ0v) is 14.8. The molecule has 1 amide bonds. The van der Waals surface area contributed by atoms with Gasteiger partial charge in [-0.05, 0) is 45.9 Å². The lowest BCUT2D eigenvalue weighted by Gasteiger charge is -2.21. The zero-order valence-electron chi connectivity index (χ0n) is 13.9. The van der Waals surface area contributed by atoms with Crippen molar-refractivity contribution in [3.8, 4) is 0 Å². The molecule has 2 N–H and O–H groups in total. The van der Waals surface area contributed by atoms with E-state index in [0.717, 1.165) is 12.3 Å². The summed E-state index contributed by atoms with van der Waals surface area (Å²) in [6.07, 6.45) is 0.480. The Hall–Kier alpha value is -1.83. The van der Waals surface area contributed by atoms with E-state index in [0.29, 0.717) is 0 Å². The molecule has 1 atom stereocenters. The largest absolute Gasteiger partial charge is 0.444 e. The summed E-state index contributed by atoms with van der Waals surface area (Å²) in [5.74, 6) is -0.568. The third-order valence-electron chi connectivity index (χ3n) is 2.72. The van der Waals surface area contributed by atoms with Gasteiger partial charge in [0.05, 0.1) is 10.6 Å². The molecule has 0 heterocycles. The summed E-state index contributed by atoms with van der Waals surface area (Å²) in [7, 11) is -3.42. The van der Waals surface area contributed by atoms with Gasteiger partial charge in [-0.15, -0.1) is 0 Å². The van der Waals surface area contributed by atoms with E-state index in [4.69, 9.17) is 4.74 Å². The van der Waals surface area contributed by atoms with Crippen molar-refractivity contribution in [2.45, 2.75) is 44.2 Å². The van der Waals surface area contributed by atoms with E-state index < -0.39 is 27.3 Å². The first kappa shape index (κ1) is 19.2. The summed E-state index contributed by atoms with van der Waals surface area (Å²) in [6.45, 7) is 7.17. The number of alkyl carbamates (subject to hydrolysis) is 1. The maximum absolute atomic E-state index is 13.8. The maximum atomic E-state index is 13.8. The van der Waals surface area contributed by atoms with Gasteiger partial charge in [-0.25, -0.2) is 17.6 Å². The van der Waals surface area contributed by atoms with Crippen molar-refractivity contribution in [2.24, 2.45) is 0 Å². The molecule has 0 fully saturated rings. The van der Waals surface area contributed by atoms with Crippen LogP contribution in [-0.4, -0.2) is 39.0 Å². The fourth-order valence-corrected chi connectivity index (χ4v) is 2.36. The van der Waals surface area contributed by atoms with Crippen LogP contribution in [0.15, 0.2) is 23.1 Å². The van der Waals surface area contributed by atoms with E-state index in [2.05, 4.69) is 10.6 Å². The average Bonchev–Trinajstić information content (AvgIpc) is 2.35. The van der Waals surface area contributed by atoms with Crippen LogP contribution in [0.2, 0.25) is 0 Å². The van der Waals surface area contributed by atoms with Crippen molar-refractivity contribution < 1.29 is 22.3 Å². The summed E-state index contributed by atoms with van der Waals surface area (Å²) < 4.78 is 41.9. The van der Waals surface area contributed by atoms with Crippen LogP contribution in [0, 0.1) is 5.82 Å². The quantitative estimate of drug-likeness (QED) is 0.801. The third kappa shape index (κ3) is 6.85. The molecule has 1 aromatic carbocycles. The second-order valence-electron chi connectivity index (χ2n) is 6.34. The molecule has 0 bridgehead atoms. The van der Waals surface area contributed by atoms with Crippen LogP contribution < -0.4 is 10.6 Å². The first-order valence-corrected chi connectivity index (χ1v) is 9.00. The molecule has 0 spiro atoms. The molecular weight excluding hydrogens is 323 g/mol. The molecule has 0 aromatic heterocycles. The van der Waals surface area contributed by atoms with Gasteiger partial charge in [0.1, 0.15) is 11.4 Å². The lowest BCUT2D eigenvalue weighted by molar-refractivity contribution is 0.0526. The van der Waals surface area contributed by atoms with E-state index in [1.54, 1.807) is 27.7 Å². The highest BCUT2D eigenvalue weighted by Crippen LogP contribution is 2.20. The number of carbonyl (C=O) groups excluding carboxylic acids is 1. The number of carbonyl (C=O) groups is 1. The van der Waals surface area contributed by atoms with E-state index in [1.807, 2.05) is 0 Å². The van der Waals surface area contributed by atoms with Crippen LogP contribution >= 0.6 is 0 Å². The van der Waals surface area contributed by atoms with Crippen LogP contribution in [0.25, 0.3) is 0 Å².